The van der Waals surface area contributed by atoms with Gasteiger partial charge < -0.3 is 10.1 Å². The van der Waals surface area contributed by atoms with Crippen LogP contribution in [0, 0.1) is 0 Å². The van der Waals surface area contributed by atoms with Crippen LogP contribution >= 0.6 is 0 Å². The average molecular weight is 490 g/mol. The number of piperidine rings is 1. The highest BCUT2D eigenvalue weighted by molar-refractivity contribution is 7.89. The van der Waals surface area contributed by atoms with E-state index in [0.717, 1.165) is 0 Å². The van der Waals surface area contributed by atoms with Crippen molar-refractivity contribution < 1.29 is 28.0 Å². The summed E-state index contributed by atoms with van der Waals surface area (Å²) < 4.78 is 33.6. The van der Waals surface area contributed by atoms with E-state index in [0.29, 0.717) is 34.8 Å². The first-order valence-electron chi connectivity index (χ1n) is 11.2. The van der Waals surface area contributed by atoms with Crippen molar-refractivity contribution >= 4 is 22.3 Å². The minimum Gasteiger partial charge on any atom is -0.489 e. The van der Waals surface area contributed by atoms with Crippen molar-refractivity contribution in [3.63, 3.8) is 0 Å². The Bertz CT molecular complexity index is 1070. The van der Waals surface area contributed by atoms with Crippen LogP contribution in [0.15, 0.2) is 54.6 Å². The number of hydroxylamine groups is 2. The van der Waals surface area contributed by atoms with Crippen molar-refractivity contribution in [3.8, 4) is 5.75 Å². The Hall–Kier alpha value is -2.95. The molecule has 2 aromatic carbocycles. The molecule has 1 aliphatic heterocycles. The quantitative estimate of drug-likeness (QED) is 0.301. The molecule has 0 radical (unpaired) electrons. The van der Waals surface area contributed by atoms with E-state index in [1.165, 1.54) is 4.31 Å². The molecule has 1 fully saturated rings. The van der Waals surface area contributed by atoms with Crippen molar-refractivity contribution in [3.05, 3.63) is 65.7 Å². The molecule has 1 aliphatic rings. The van der Waals surface area contributed by atoms with Crippen LogP contribution in [0.5, 0.6) is 5.75 Å². The van der Waals surface area contributed by atoms with Gasteiger partial charge in [-0.05, 0) is 44.4 Å². The fourth-order valence-electron chi connectivity index (χ4n) is 3.88. The molecule has 2 amide bonds. The number of rotatable bonds is 10. The number of carbonyl (C=O) groups excluding carboxylic acids is 2. The SMILES string of the molecule is CC(C)NC(=O)c1ccccc1OC1CCN(S(=O)(=O)C[C@@H](c2ccccc2)N(O)C=O)CC1. The Kier molecular flexibility index (Phi) is 8.65. The Labute approximate surface area is 200 Å². The molecule has 0 spiro atoms. The molecular weight excluding hydrogens is 458 g/mol. The van der Waals surface area contributed by atoms with Crippen molar-refractivity contribution in [2.24, 2.45) is 0 Å². The third kappa shape index (κ3) is 6.55. The van der Waals surface area contributed by atoms with E-state index in [9.17, 15) is 23.2 Å². The predicted octanol–water partition coefficient (Wildman–Crippen LogP) is 2.59. The van der Waals surface area contributed by atoms with Crippen LogP contribution in [0.4, 0.5) is 0 Å². The Balaban J connectivity index is 1.64. The van der Waals surface area contributed by atoms with E-state index >= 15 is 0 Å². The van der Waals surface area contributed by atoms with Gasteiger partial charge in [0.15, 0.2) is 0 Å². The number of nitrogens with one attached hydrogen (secondary N) is 1. The monoisotopic (exact) mass is 489 g/mol. The zero-order valence-electron chi connectivity index (χ0n) is 19.3. The van der Waals surface area contributed by atoms with Crippen LogP contribution in [0.3, 0.4) is 0 Å². The van der Waals surface area contributed by atoms with Gasteiger partial charge in [0.1, 0.15) is 11.9 Å². The molecule has 10 heteroatoms. The van der Waals surface area contributed by atoms with E-state index in [1.54, 1.807) is 54.6 Å². The zero-order chi connectivity index (χ0) is 24.7. The molecule has 34 heavy (non-hydrogen) atoms. The molecule has 1 atom stereocenters. The largest absolute Gasteiger partial charge is 0.489 e. The van der Waals surface area contributed by atoms with Crippen LogP contribution in [-0.4, -0.2) is 66.3 Å². The van der Waals surface area contributed by atoms with E-state index in [-0.39, 0.29) is 37.6 Å². The van der Waals surface area contributed by atoms with Gasteiger partial charge in [0.05, 0.1) is 17.4 Å². The maximum Gasteiger partial charge on any atom is 0.255 e. The number of para-hydroxylation sites is 1. The third-order valence-electron chi connectivity index (χ3n) is 5.62. The third-order valence-corrected chi connectivity index (χ3v) is 7.51. The number of hydrogen-bond donors (Lipinski definition) is 2. The van der Waals surface area contributed by atoms with Gasteiger partial charge in [0, 0.05) is 19.1 Å². The maximum absolute atomic E-state index is 13.1. The summed E-state index contributed by atoms with van der Waals surface area (Å²) in [7, 11) is -3.76. The number of nitrogens with zero attached hydrogens (tertiary/aromatic N) is 2. The Morgan fingerprint density at radius 2 is 1.76 bits per heavy atom. The van der Waals surface area contributed by atoms with Gasteiger partial charge in [0.2, 0.25) is 16.4 Å². The van der Waals surface area contributed by atoms with E-state index in [4.69, 9.17) is 4.74 Å². The number of sulfonamides is 1. The molecule has 184 valence electrons. The Morgan fingerprint density at radius 1 is 1.15 bits per heavy atom. The maximum atomic E-state index is 13.1. The summed E-state index contributed by atoms with van der Waals surface area (Å²) in [5.74, 6) is -0.190. The second-order valence-electron chi connectivity index (χ2n) is 8.53. The molecule has 2 aromatic rings. The van der Waals surface area contributed by atoms with Crippen molar-refractivity contribution in [2.45, 2.75) is 44.9 Å². The summed E-state index contributed by atoms with van der Waals surface area (Å²) in [6.45, 7) is 4.23. The lowest BCUT2D eigenvalue weighted by Gasteiger charge is -2.33. The molecule has 0 unspecified atom stereocenters. The second kappa shape index (κ2) is 11.5. The van der Waals surface area contributed by atoms with Crippen LogP contribution in [-0.2, 0) is 14.8 Å². The van der Waals surface area contributed by atoms with Crippen LogP contribution in [0.2, 0.25) is 0 Å². The van der Waals surface area contributed by atoms with Gasteiger partial charge in [0.25, 0.3) is 5.91 Å². The fourth-order valence-corrected chi connectivity index (χ4v) is 5.61. The molecule has 0 aromatic heterocycles. The van der Waals surface area contributed by atoms with Crippen molar-refractivity contribution in [1.82, 2.24) is 14.7 Å². The summed E-state index contributed by atoms with van der Waals surface area (Å²) >= 11 is 0. The van der Waals surface area contributed by atoms with E-state index in [2.05, 4.69) is 5.32 Å². The lowest BCUT2D eigenvalue weighted by Crippen LogP contribution is -2.45. The normalized spacial score (nSPS) is 16.1. The topological polar surface area (TPSA) is 116 Å². The van der Waals surface area contributed by atoms with Gasteiger partial charge in [-0.25, -0.2) is 17.8 Å². The van der Waals surface area contributed by atoms with Crippen molar-refractivity contribution in [1.29, 1.82) is 0 Å². The first-order chi connectivity index (χ1) is 16.2. The fraction of sp³-hybridized carbons (Fsp3) is 0.417. The minimum atomic E-state index is -3.76. The molecule has 1 saturated heterocycles. The molecular formula is C24H31N3O6S. The van der Waals surface area contributed by atoms with E-state index in [1.807, 2.05) is 13.8 Å². The number of carbonyl (C=O) groups is 2. The van der Waals surface area contributed by atoms with Gasteiger partial charge in [-0.15, -0.1) is 0 Å². The lowest BCUT2D eigenvalue weighted by atomic mass is 10.1. The molecule has 0 aliphatic carbocycles. The summed E-state index contributed by atoms with van der Waals surface area (Å²) in [6.07, 6.45) is 0.867. The van der Waals surface area contributed by atoms with Crippen LogP contribution in [0.25, 0.3) is 0 Å². The number of amides is 2. The minimum absolute atomic E-state index is 0.0113. The summed E-state index contributed by atoms with van der Waals surface area (Å²) in [5.41, 5.74) is 0.962. The van der Waals surface area contributed by atoms with Crippen LogP contribution in [0.1, 0.15) is 48.7 Å². The number of ether oxygens (including phenoxy) is 1. The van der Waals surface area contributed by atoms with E-state index < -0.39 is 21.8 Å². The van der Waals surface area contributed by atoms with Gasteiger partial charge in [-0.2, -0.15) is 0 Å². The molecule has 3 rings (SSSR count). The summed E-state index contributed by atoms with van der Waals surface area (Å²) in [6, 6.07) is 14.5. The summed E-state index contributed by atoms with van der Waals surface area (Å²) in [4.78, 5) is 23.6. The molecule has 0 bridgehead atoms. The molecule has 0 saturated carbocycles. The van der Waals surface area contributed by atoms with Gasteiger partial charge in [-0.1, -0.05) is 42.5 Å². The second-order valence-corrected chi connectivity index (χ2v) is 10.5. The molecule has 9 nitrogen and oxygen atoms in total. The number of hydrogen-bond acceptors (Lipinski definition) is 6. The highest BCUT2D eigenvalue weighted by Gasteiger charge is 2.33. The first kappa shape index (κ1) is 25.7. The predicted molar refractivity (Wildman–Crippen MR) is 127 cm³/mol. The van der Waals surface area contributed by atoms with Gasteiger partial charge >= 0.3 is 0 Å². The Morgan fingerprint density at radius 3 is 2.38 bits per heavy atom. The highest BCUT2D eigenvalue weighted by Crippen LogP contribution is 2.26. The molecule has 1 heterocycles. The zero-order valence-corrected chi connectivity index (χ0v) is 20.1. The summed E-state index contributed by atoms with van der Waals surface area (Å²) in [5, 5.41) is 13.2. The standard InChI is InChI=1S/C24H31N3O6S/c1-18(2)25-24(29)21-10-6-7-11-23(21)33-20-12-14-26(15-13-20)34(31,32)16-22(27(30)17-28)19-8-4-3-5-9-19/h3-11,17-18,20,22,30H,12-16H2,1-2H3,(H,25,29)/t22-/m0/s1. The smallest absolute Gasteiger partial charge is 0.255 e. The lowest BCUT2D eigenvalue weighted by molar-refractivity contribution is -0.159. The highest BCUT2D eigenvalue weighted by atomic mass is 32.2. The molecule has 2 N–H and O–H groups in total. The number of benzene rings is 2. The first-order valence-corrected chi connectivity index (χ1v) is 12.8. The van der Waals surface area contributed by atoms with Crippen LogP contribution < -0.4 is 10.1 Å². The average Bonchev–Trinajstić information content (AvgIpc) is 2.83. The van der Waals surface area contributed by atoms with Crippen molar-refractivity contribution in [2.75, 3.05) is 18.8 Å². The van der Waals surface area contributed by atoms with Gasteiger partial charge in [-0.3, -0.25) is 14.8 Å².